The maximum Gasteiger partial charge on any atom is 0.171 e. The summed E-state index contributed by atoms with van der Waals surface area (Å²) in [4.78, 5) is 0. The first-order valence-electron chi connectivity index (χ1n) is 5.69. The number of rotatable bonds is 3. The molecule has 2 heterocycles. The molecule has 0 spiro atoms. The van der Waals surface area contributed by atoms with Gasteiger partial charge in [0.05, 0.1) is 41.0 Å². The van der Waals surface area contributed by atoms with Crippen molar-refractivity contribution in [2.24, 2.45) is 14.1 Å². The second-order valence-electron chi connectivity index (χ2n) is 4.14. The van der Waals surface area contributed by atoms with Crippen molar-refractivity contribution in [3.05, 3.63) is 28.8 Å². The molecule has 19 heavy (non-hydrogen) atoms. The Morgan fingerprint density at radius 2 is 2.00 bits per heavy atom. The topological polar surface area (TPSA) is 59.7 Å². The van der Waals surface area contributed by atoms with E-state index in [0.29, 0.717) is 16.7 Å². The van der Waals surface area contributed by atoms with Gasteiger partial charge < -0.3 is 10.6 Å². The Kier molecular flexibility index (Phi) is 4.06. The van der Waals surface area contributed by atoms with Gasteiger partial charge in [-0.25, -0.2) is 0 Å². The minimum Gasteiger partial charge on any atom is -0.357 e. The Bertz CT molecular complexity index is 583. The molecule has 0 aliphatic rings. The largest absolute Gasteiger partial charge is 0.357 e. The molecule has 0 fully saturated rings. The number of nitrogens with one attached hydrogen (secondary N) is 2. The molecule has 6 nitrogen and oxygen atoms in total. The van der Waals surface area contributed by atoms with Crippen LogP contribution in [-0.2, 0) is 20.6 Å². The van der Waals surface area contributed by atoms with E-state index in [9.17, 15) is 0 Å². The first-order valence-corrected chi connectivity index (χ1v) is 6.47. The second kappa shape index (κ2) is 5.58. The van der Waals surface area contributed by atoms with Crippen molar-refractivity contribution in [3.8, 4) is 0 Å². The van der Waals surface area contributed by atoms with Crippen LogP contribution in [0, 0.1) is 6.92 Å². The second-order valence-corrected chi connectivity index (χ2v) is 4.95. The van der Waals surface area contributed by atoms with Crippen molar-refractivity contribution < 1.29 is 0 Å². The third kappa shape index (κ3) is 3.05. The van der Waals surface area contributed by atoms with Gasteiger partial charge in [0.1, 0.15) is 0 Å². The summed E-state index contributed by atoms with van der Waals surface area (Å²) in [7, 11) is 3.72. The van der Waals surface area contributed by atoms with Crippen LogP contribution in [0.3, 0.4) is 0 Å². The van der Waals surface area contributed by atoms with E-state index in [2.05, 4.69) is 20.8 Å². The molecule has 8 heteroatoms. The highest BCUT2D eigenvalue weighted by Crippen LogP contribution is 2.14. The van der Waals surface area contributed by atoms with Gasteiger partial charge in [0.25, 0.3) is 0 Å². The van der Waals surface area contributed by atoms with Gasteiger partial charge in [-0.15, -0.1) is 0 Å². The van der Waals surface area contributed by atoms with Gasteiger partial charge in [-0.05, 0) is 19.1 Å². The Labute approximate surface area is 121 Å². The molecule has 0 aromatic carbocycles. The van der Waals surface area contributed by atoms with Crippen molar-refractivity contribution in [2.45, 2.75) is 13.5 Å². The Morgan fingerprint density at radius 3 is 2.53 bits per heavy atom. The van der Waals surface area contributed by atoms with Crippen LogP contribution < -0.4 is 10.6 Å². The molecule has 0 atom stereocenters. The van der Waals surface area contributed by atoms with E-state index >= 15 is 0 Å². The third-order valence-electron chi connectivity index (χ3n) is 2.91. The summed E-state index contributed by atoms with van der Waals surface area (Å²) in [5.41, 5.74) is 2.78. The van der Waals surface area contributed by atoms with E-state index in [0.717, 1.165) is 17.1 Å². The molecule has 2 rings (SSSR count). The molecule has 2 aromatic heterocycles. The highest BCUT2D eigenvalue weighted by atomic mass is 35.5. The fourth-order valence-electron chi connectivity index (χ4n) is 1.59. The van der Waals surface area contributed by atoms with Gasteiger partial charge in [0, 0.05) is 14.1 Å². The van der Waals surface area contributed by atoms with Crippen molar-refractivity contribution in [1.82, 2.24) is 24.9 Å². The molecular weight excluding hydrogens is 284 g/mol. The molecule has 2 N–H and O–H groups in total. The molecule has 2 aromatic rings. The number of aromatic nitrogens is 4. The number of thiocarbonyl (C=S) groups is 1. The van der Waals surface area contributed by atoms with Gasteiger partial charge in [-0.2, -0.15) is 10.2 Å². The van der Waals surface area contributed by atoms with Crippen molar-refractivity contribution in [2.75, 3.05) is 5.32 Å². The molecule has 0 saturated heterocycles. The summed E-state index contributed by atoms with van der Waals surface area (Å²) in [6.45, 7) is 2.48. The average molecular weight is 299 g/mol. The smallest absolute Gasteiger partial charge is 0.171 e. The average Bonchev–Trinajstić information content (AvgIpc) is 2.85. The number of nitrogens with zero attached hydrogens (tertiary/aromatic N) is 4. The lowest BCUT2D eigenvalue weighted by Gasteiger charge is -2.10. The molecule has 102 valence electrons. The summed E-state index contributed by atoms with van der Waals surface area (Å²) in [6.07, 6.45) is 3.35. The summed E-state index contributed by atoms with van der Waals surface area (Å²) >= 11 is 11.2. The summed E-state index contributed by atoms with van der Waals surface area (Å²) in [6, 6.07) is 0. The molecular formula is C11H15ClN6S. The van der Waals surface area contributed by atoms with E-state index in [1.165, 1.54) is 0 Å². The third-order valence-corrected chi connectivity index (χ3v) is 3.47. The first-order chi connectivity index (χ1) is 8.99. The fraction of sp³-hybridized carbons (Fsp3) is 0.364. The molecule has 0 amide bonds. The zero-order valence-corrected chi connectivity index (χ0v) is 12.5. The highest BCUT2D eigenvalue weighted by Gasteiger charge is 2.08. The van der Waals surface area contributed by atoms with Crippen LogP contribution in [0.2, 0.25) is 5.02 Å². The number of anilines is 1. The zero-order valence-electron chi connectivity index (χ0n) is 10.9. The predicted octanol–water partition coefficient (Wildman–Crippen LogP) is 1.60. The number of aryl methyl sites for hydroxylation is 2. The fourth-order valence-corrected chi connectivity index (χ4v) is 2.00. The number of hydrogen-bond donors (Lipinski definition) is 2. The normalized spacial score (nSPS) is 10.5. The first kappa shape index (κ1) is 13.8. The van der Waals surface area contributed by atoms with Gasteiger partial charge in [0.2, 0.25) is 0 Å². The van der Waals surface area contributed by atoms with Gasteiger partial charge in [-0.3, -0.25) is 9.36 Å². The highest BCUT2D eigenvalue weighted by molar-refractivity contribution is 7.80. The van der Waals surface area contributed by atoms with Crippen LogP contribution >= 0.6 is 23.8 Å². The standard InChI is InChI=1S/C11H15ClN6S/c1-7-9(5-15-17(7)2)16-11(19)13-6-10-8(12)4-14-18(10)3/h4-5H,6H2,1-3H3,(H2,13,16,19). The lowest BCUT2D eigenvalue weighted by atomic mass is 10.4. The summed E-state index contributed by atoms with van der Waals surface area (Å²) < 4.78 is 3.50. The van der Waals surface area contributed by atoms with E-state index in [1.807, 2.05) is 21.0 Å². The van der Waals surface area contributed by atoms with Gasteiger partial charge in [0.15, 0.2) is 5.11 Å². The van der Waals surface area contributed by atoms with E-state index in [4.69, 9.17) is 23.8 Å². The van der Waals surface area contributed by atoms with Crippen LogP contribution in [0.15, 0.2) is 12.4 Å². The minimum atomic E-state index is 0.514. The van der Waals surface area contributed by atoms with Crippen molar-refractivity contribution >= 4 is 34.6 Å². The summed E-state index contributed by atoms with van der Waals surface area (Å²) in [5.74, 6) is 0. The van der Waals surface area contributed by atoms with E-state index < -0.39 is 0 Å². The lowest BCUT2D eigenvalue weighted by molar-refractivity contribution is 0.695. The monoisotopic (exact) mass is 298 g/mol. The van der Waals surface area contributed by atoms with Crippen LogP contribution in [0.4, 0.5) is 5.69 Å². The number of halogens is 1. The number of hydrogen-bond acceptors (Lipinski definition) is 3. The van der Waals surface area contributed by atoms with Gasteiger partial charge >= 0.3 is 0 Å². The molecule has 0 aliphatic heterocycles. The van der Waals surface area contributed by atoms with Crippen LogP contribution in [0.25, 0.3) is 0 Å². The quantitative estimate of drug-likeness (QED) is 0.843. The maximum atomic E-state index is 6.02. The Balaban J connectivity index is 1.94. The van der Waals surface area contributed by atoms with E-state index in [-0.39, 0.29) is 0 Å². The molecule has 0 radical (unpaired) electrons. The van der Waals surface area contributed by atoms with Crippen LogP contribution in [0.1, 0.15) is 11.4 Å². The minimum absolute atomic E-state index is 0.514. The van der Waals surface area contributed by atoms with Crippen LogP contribution in [-0.4, -0.2) is 24.7 Å². The van der Waals surface area contributed by atoms with Gasteiger partial charge in [-0.1, -0.05) is 11.6 Å². The molecule has 0 aliphatic carbocycles. The SMILES string of the molecule is Cc1c(NC(=S)NCc2c(Cl)cnn2C)cnn1C. The lowest BCUT2D eigenvalue weighted by Crippen LogP contribution is -2.29. The van der Waals surface area contributed by atoms with Crippen molar-refractivity contribution in [3.63, 3.8) is 0 Å². The van der Waals surface area contributed by atoms with E-state index in [1.54, 1.807) is 21.8 Å². The molecule has 0 bridgehead atoms. The summed E-state index contributed by atoms with van der Waals surface area (Å²) in [5, 5.41) is 15.5. The molecule has 0 unspecified atom stereocenters. The predicted molar refractivity (Wildman–Crippen MR) is 79.2 cm³/mol. The Morgan fingerprint density at radius 1 is 1.32 bits per heavy atom. The van der Waals surface area contributed by atoms with Crippen LogP contribution in [0.5, 0.6) is 0 Å². The molecule has 0 saturated carbocycles. The van der Waals surface area contributed by atoms with Crippen molar-refractivity contribution in [1.29, 1.82) is 0 Å². The zero-order chi connectivity index (χ0) is 14.0. The Hall–Kier alpha value is -1.60. The maximum absolute atomic E-state index is 6.02.